The van der Waals surface area contributed by atoms with Crippen molar-refractivity contribution in [1.82, 2.24) is 10.2 Å². The van der Waals surface area contributed by atoms with Gasteiger partial charge in [-0.2, -0.15) is 0 Å². The lowest BCUT2D eigenvalue weighted by Crippen LogP contribution is -2.23. The van der Waals surface area contributed by atoms with Crippen molar-refractivity contribution in [1.29, 1.82) is 0 Å². The number of thioether (sulfide) groups is 2. The van der Waals surface area contributed by atoms with Gasteiger partial charge in [0.25, 0.3) is 0 Å². The van der Waals surface area contributed by atoms with Gasteiger partial charge in [-0.3, -0.25) is 4.79 Å². The largest absolute Gasteiger partial charge is 0.323 e. The lowest BCUT2D eigenvalue weighted by molar-refractivity contribution is -0.115. The van der Waals surface area contributed by atoms with Crippen molar-refractivity contribution in [3.63, 3.8) is 0 Å². The molecule has 0 radical (unpaired) electrons. The van der Waals surface area contributed by atoms with Crippen molar-refractivity contribution >= 4 is 46.5 Å². The second-order valence-electron chi connectivity index (χ2n) is 4.24. The van der Waals surface area contributed by atoms with E-state index in [1.165, 1.54) is 11.3 Å². The van der Waals surface area contributed by atoms with Gasteiger partial charge in [-0.25, -0.2) is 13.2 Å². The van der Waals surface area contributed by atoms with Crippen molar-refractivity contribution in [3.8, 4) is 0 Å². The molecular formula is C13H12F3N3OS3. The molecule has 4 nitrogen and oxygen atoms in total. The van der Waals surface area contributed by atoms with Crippen LogP contribution >= 0.6 is 34.9 Å². The van der Waals surface area contributed by atoms with Gasteiger partial charge in [0.2, 0.25) is 5.91 Å². The van der Waals surface area contributed by atoms with Crippen molar-refractivity contribution < 1.29 is 18.0 Å². The average Bonchev–Trinajstić information content (AvgIpc) is 2.95. The van der Waals surface area contributed by atoms with E-state index in [2.05, 4.69) is 15.5 Å². The van der Waals surface area contributed by atoms with Gasteiger partial charge in [0.05, 0.1) is 10.9 Å². The quantitative estimate of drug-likeness (QED) is 0.603. The van der Waals surface area contributed by atoms with Crippen LogP contribution in [-0.2, 0) is 4.79 Å². The molecule has 1 unspecified atom stereocenters. The molecule has 1 heterocycles. The third-order valence-electron chi connectivity index (χ3n) is 2.60. The van der Waals surface area contributed by atoms with Crippen LogP contribution in [0.3, 0.4) is 0 Å². The number of anilines is 1. The summed E-state index contributed by atoms with van der Waals surface area (Å²) >= 11 is 4.06. The number of benzene rings is 1. The Morgan fingerprint density at radius 3 is 2.65 bits per heavy atom. The highest BCUT2D eigenvalue weighted by molar-refractivity contribution is 8.03. The zero-order valence-electron chi connectivity index (χ0n) is 12.1. The number of aromatic nitrogens is 2. The van der Waals surface area contributed by atoms with Gasteiger partial charge in [-0.1, -0.05) is 41.8 Å². The predicted octanol–water partition coefficient (Wildman–Crippen LogP) is 4.19. The van der Waals surface area contributed by atoms with Crippen LogP contribution in [-0.4, -0.2) is 27.1 Å². The minimum Gasteiger partial charge on any atom is -0.323 e. The third-order valence-corrected chi connectivity index (χ3v) is 5.72. The number of amides is 1. The van der Waals surface area contributed by atoms with E-state index in [-0.39, 0.29) is 0 Å². The predicted molar refractivity (Wildman–Crippen MR) is 86.6 cm³/mol. The number of halogens is 3. The molecule has 0 bridgehead atoms. The normalized spacial score (nSPS) is 12.2. The number of nitrogens with zero attached hydrogens (tertiary/aromatic N) is 2. The zero-order valence-corrected chi connectivity index (χ0v) is 14.5. The third kappa shape index (κ3) is 4.61. The van der Waals surface area contributed by atoms with Gasteiger partial charge in [0.15, 0.2) is 26.1 Å². The van der Waals surface area contributed by atoms with Crippen LogP contribution in [0.5, 0.6) is 0 Å². The lowest BCUT2D eigenvalue weighted by atomic mass is 10.2. The Kier molecular flexibility index (Phi) is 6.31. The molecule has 0 aliphatic carbocycles. The summed E-state index contributed by atoms with van der Waals surface area (Å²) in [6.45, 7) is 3.59. The molecule has 124 valence electrons. The fraction of sp³-hybridized carbons (Fsp3) is 0.308. The molecule has 1 amide bonds. The maximum atomic E-state index is 13.5. The first kappa shape index (κ1) is 18.1. The number of carbonyl (C=O) groups excluding carboxylic acids is 1. The van der Waals surface area contributed by atoms with E-state index >= 15 is 0 Å². The zero-order chi connectivity index (χ0) is 17.0. The molecule has 10 heteroatoms. The fourth-order valence-electron chi connectivity index (χ4n) is 1.49. The molecule has 23 heavy (non-hydrogen) atoms. The van der Waals surface area contributed by atoms with E-state index in [0.717, 1.165) is 34.0 Å². The van der Waals surface area contributed by atoms with E-state index < -0.39 is 34.3 Å². The molecule has 2 rings (SSSR count). The summed E-state index contributed by atoms with van der Waals surface area (Å²) in [7, 11) is 0. The number of carbonyl (C=O) groups is 1. The van der Waals surface area contributed by atoms with Crippen molar-refractivity contribution in [2.24, 2.45) is 0 Å². The van der Waals surface area contributed by atoms with E-state index in [0.29, 0.717) is 4.34 Å². The molecule has 0 fully saturated rings. The van der Waals surface area contributed by atoms with Crippen LogP contribution < -0.4 is 5.32 Å². The van der Waals surface area contributed by atoms with Gasteiger partial charge in [0.1, 0.15) is 0 Å². The van der Waals surface area contributed by atoms with Crippen molar-refractivity contribution in [3.05, 3.63) is 29.6 Å². The van der Waals surface area contributed by atoms with Crippen LogP contribution in [0.1, 0.15) is 13.8 Å². The van der Waals surface area contributed by atoms with Gasteiger partial charge < -0.3 is 5.32 Å². The summed E-state index contributed by atoms with van der Waals surface area (Å²) in [5.41, 5.74) is -0.402. The molecule has 2 aromatic rings. The minimum atomic E-state index is -1.62. The maximum Gasteiger partial charge on any atom is 0.237 e. The molecular weight excluding hydrogens is 367 g/mol. The Labute approximate surface area is 143 Å². The SMILES string of the molecule is CCSc1nnc(SC(C)C(=O)Nc2ccc(F)c(F)c2F)s1. The van der Waals surface area contributed by atoms with Crippen molar-refractivity contribution in [2.45, 2.75) is 27.8 Å². The van der Waals surface area contributed by atoms with Crippen LogP contribution in [0.15, 0.2) is 20.8 Å². The standard InChI is InChI=1S/C13H12F3N3OS3/c1-3-21-12-18-19-13(23-12)22-6(2)11(20)17-8-5-4-7(14)9(15)10(8)16/h4-6H,3H2,1-2H3,(H,17,20). The summed E-state index contributed by atoms with van der Waals surface area (Å²) in [4.78, 5) is 12.0. The van der Waals surface area contributed by atoms with Gasteiger partial charge >= 0.3 is 0 Å². The Morgan fingerprint density at radius 2 is 1.96 bits per heavy atom. The van der Waals surface area contributed by atoms with Crippen LogP contribution in [0, 0.1) is 17.5 Å². The molecule has 0 saturated carbocycles. The first-order valence-corrected chi connectivity index (χ1v) is 9.17. The Balaban J connectivity index is 2.01. The van der Waals surface area contributed by atoms with Crippen LogP contribution in [0.25, 0.3) is 0 Å². The second-order valence-corrected chi connectivity index (χ2v) is 8.32. The summed E-state index contributed by atoms with van der Waals surface area (Å²) < 4.78 is 40.9. The van der Waals surface area contributed by atoms with E-state index in [1.54, 1.807) is 18.7 Å². The molecule has 1 aromatic heterocycles. The van der Waals surface area contributed by atoms with Gasteiger partial charge in [-0.05, 0) is 24.8 Å². The molecule has 0 spiro atoms. The first-order valence-electron chi connectivity index (χ1n) is 6.49. The van der Waals surface area contributed by atoms with Crippen LogP contribution in [0.2, 0.25) is 0 Å². The molecule has 1 atom stereocenters. The Bertz CT molecular complexity index is 711. The minimum absolute atomic E-state index is 0.402. The summed E-state index contributed by atoms with van der Waals surface area (Å²) in [5.74, 6) is -4.02. The number of rotatable bonds is 6. The van der Waals surface area contributed by atoms with Gasteiger partial charge in [0, 0.05) is 0 Å². The highest BCUT2D eigenvalue weighted by Gasteiger charge is 2.20. The summed E-state index contributed by atoms with van der Waals surface area (Å²) in [6.07, 6.45) is 0. The molecule has 1 N–H and O–H groups in total. The molecule has 1 aromatic carbocycles. The molecule has 0 aliphatic heterocycles. The number of nitrogens with one attached hydrogen (secondary N) is 1. The topological polar surface area (TPSA) is 54.9 Å². The fourth-order valence-corrected chi connectivity index (χ4v) is 4.55. The molecule has 0 saturated heterocycles. The van der Waals surface area contributed by atoms with E-state index in [1.807, 2.05) is 6.92 Å². The van der Waals surface area contributed by atoms with Crippen LogP contribution in [0.4, 0.5) is 18.9 Å². The maximum absolute atomic E-state index is 13.5. The average molecular weight is 379 g/mol. The van der Waals surface area contributed by atoms with Gasteiger partial charge in [-0.15, -0.1) is 10.2 Å². The smallest absolute Gasteiger partial charge is 0.237 e. The Hall–Kier alpha value is -1.26. The second kappa shape index (κ2) is 8.02. The summed E-state index contributed by atoms with van der Waals surface area (Å²) in [5, 5.41) is 9.56. The lowest BCUT2D eigenvalue weighted by Gasteiger charge is -2.11. The Morgan fingerprint density at radius 1 is 1.26 bits per heavy atom. The first-order chi connectivity index (χ1) is 10.9. The monoisotopic (exact) mass is 379 g/mol. The number of hydrogen-bond donors (Lipinski definition) is 1. The number of hydrogen-bond acceptors (Lipinski definition) is 6. The highest BCUT2D eigenvalue weighted by atomic mass is 32.2. The van der Waals surface area contributed by atoms with Crippen molar-refractivity contribution in [2.75, 3.05) is 11.1 Å². The highest BCUT2D eigenvalue weighted by Crippen LogP contribution is 2.31. The molecule has 0 aliphatic rings. The van der Waals surface area contributed by atoms with E-state index in [9.17, 15) is 18.0 Å². The summed E-state index contributed by atoms with van der Waals surface area (Å²) in [6, 6.07) is 1.73. The van der Waals surface area contributed by atoms with E-state index in [4.69, 9.17) is 0 Å².